The van der Waals surface area contributed by atoms with Crippen molar-refractivity contribution in [2.75, 3.05) is 0 Å². The van der Waals surface area contributed by atoms with Crippen molar-refractivity contribution in [1.82, 2.24) is 20.2 Å². The molecule has 0 saturated heterocycles. The second-order valence-corrected chi connectivity index (χ2v) is 9.01. The first-order chi connectivity index (χ1) is 14.2. The minimum absolute atomic E-state index is 0.0796. The monoisotopic (exact) mass is 428 g/mol. The Morgan fingerprint density at radius 1 is 1.03 bits per heavy atom. The van der Waals surface area contributed by atoms with E-state index < -0.39 is 10.0 Å². The molecule has 158 valence electrons. The Balaban J connectivity index is 1.55. The van der Waals surface area contributed by atoms with Crippen LogP contribution in [-0.4, -0.2) is 30.5 Å². The lowest BCUT2D eigenvalue weighted by Crippen LogP contribution is -2.31. The normalized spacial score (nSPS) is 11.6. The van der Waals surface area contributed by atoms with Crippen LogP contribution in [0.1, 0.15) is 41.2 Å². The molecule has 0 fully saturated rings. The Kier molecular flexibility index (Phi) is 6.63. The molecule has 1 heterocycles. The summed E-state index contributed by atoms with van der Waals surface area (Å²) in [6, 6.07) is 13.9. The van der Waals surface area contributed by atoms with E-state index in [9.17, 15) is 13.2 Å². The highest BCUT2D eigenvalue weighted by Crippen LogP contribution is 2.17. The Labute approximate surface area is 175 Å². The molecule has 1 amide bonds. The maximum absolute atomic E-state index is 12.4. The molecular weight excluding hydrogens is 404 g/mol. The summed E-state index contributed by atoms with van der Waals surface area (Å²) in [4.78, 5) is 16.5. The van der Waals surface area contributed by atoms with Crippen molar-refractivity contribution in [1.29, 1.82) is 0 Å². The molecule has 9 heteroatoms. The number of aryl methyl sites for hydroxylation is 1. The highest BCUT2D eigenvalue weighted by molar-refractivity contribution is 7.88. The van der Waals surface area contributed by atoms with Crippen LogP contribution in [0.3, 0.4) is 0 Å². The quantitative estimate of drug-likeness (QED) is 0.570. The number of hydrogen-bond acceptors (Lipinski definition) is 6. The van der Waals surface area contributed by atoms with E-state index in [1.54, 1.807) is 57.2 Å². The van der Waals surface area contributed by atoms with Crippen LogP contribution >= 0.6 is 0 Å². The molecule has 30 heavy (non-hydrogen) atoms. The maximum Gasteiger partial charge on any atom is 0.257 e. The van der Waals surface area contributed by atoms with E-state index >= 15 is 0 Å². The minimum atomic E-state index is -3.37. The number of nitrogens with zero attached hydrogens (tertiary/aromatic N) is 2. The molecule has 0 spiro atoms. The Morgan fingerprint density at radius 3 is 2.23 bits per heavy atom. The van der Waals surface area contributed by atoms with Crippen molar-refractivity contribution in [3.05, 3.63) is 71.0 Å². The number of aromatic nitrogens is 2. The van der Waals surface area contributed by atoms with Gasteiger partial charge in [-0.25, -0.2) is 13.1 Å². The van der Waals surface area contributed by atoms with Gasteiger partial charge in [-0.1, -0.05) is 29.4 Å². The lowest BCUT2D eigenvalue weighted by molar-refractivity contribution is 0.0951. The first-order valence-corrected chi connectivity index (χ1v) is 11.1. The van der Waals surface area contributed by atoms with Crippen LogP contribution in [0.5, 0.6) is 0 Å². The molecule has 0 unspecified atom stereocenters. The summed E-state index contributed by atoms with van der Waals surface area (Å²) in [5.74, 6) is 0.664. The fourth-order valence-corrected chi connectivity index (χ4v) is 4.27. The molecule has 0 aliphatic carbocycles. The summed E-state index contributed by atoms with van der Waals surface area (Å²) in [7, 11) is -3.37. The van der Waals surface area contributed by atoms with E-state index in [0.29, 0.717) is 29.4 Å². The second-order valence-electron chi connectivity index (χ2n) is 7.25. The molecule has 0 aliphatic heterocycles. The molecule has 0 radical (unpaired) electrons. The van der Waals surface area contributed by atoms with Gasteiger partial charge in [0, 0.05) is 23.7 Å². The number of benzene rings is 2. The van der Waals surface area contributed by atoms with E-state index in [-0.39, 0.29) is 17.7 Å². The summed E-state index contributed by atoms with van der Waals surface area (Å²) in [5.41, 5.74) is 2.81. The highest BCUT2D eigenvalue weighted by atomic mass is 32.2. The zero-order valence-electron chi connectivity index (χ0n) is 17.0. The molecule has 2 aromatic carbocycles. The van der Waals surface area contributed by atoms with Gasteiger partial charge in [-0.2, -0.15) is 4.98 Å². The van der Waals surface area contributed by atoms with Crippen LogP contribution < -0.4 is 10.0 Å². The van der Waals surface area contributed by atoms with Gasteiger partial charge >= 0.3 is 0 Å². The number of amides is 1. The summed E-state index contributed by atoms with van der Waals surface area (Å²) >= 11 is 0. The van der Waals surface area contributed by atoms with Crippen LogP contribution in [0.15, 0.2) is 53.1 Å². The van der Waals surface area contributed by atoms with Gasteiger partial charge in [0.15, 0.2) is 5.82 Å². The van der Waals surface area contributed by atoms with Gasteiger partial charge in [-0.15, -0.1) is 0 Å². The van der Waals surface area contributed by atoms with E-state index in [0.717, 1.165) is 11.1 Å². The van der Waals surface area contributed by atoms with Gasteiger partial charge in [0.05, 0.1) is 5.75 Å². The summed E-state index contributed by atoms with van der Waals surface area (Å²) < 4.78 is 31.7. The molecule has 0 bridgehead atoms. The van der Waals surface area contributed by atoms with Crippen molar-refractivity contribution in [3.8, 4) is 11.5 Å². The predicted molar refractivity (Wildman–Crippen MR) is 113 cm³/mol. The molecule has 2 N–H and O–H groups in total. The first-order valence-electron chi connectivity index (χ1n) is 9.48. The zero-order chi connectivity index (χ0) is 21.7. The van der Waals surface area contributed by atoms with Gasteiger partial charge in [0.2, 0.25) is 10.0 Å². The topological polar surface area (TPSA) is 114 Å². The standard InChI is InChI=1S/C21H24N4O4S/c1-14(2)25-30(27,28)13-17-6-4-16(5-7-17)12-22-20(26)18-8-10-19(11-9-18)21-23-15(3)24-29-21/h4-11,14,25H,12-13H2,1-3H3,(H,22,26). The zero-order valence-corrected chi connectivity index (χ0v) is 17.9. The molecule has 1 aromatic heterocycles. The minimum Gasteiger partial charge on any atom is -0.348 e. The van der Waals surface area contributed by atoms with Crippen LogP contribution in [-0.2, 0) is 22.3 Å². The molecule has 0 atom stereocenters. The average molecular weight is 429 g/mol. The molecular formula is C21H24N4O4S. The van der Waals surface area contributed by atoms with E-state index in [4.69, 9.17) is 4.52 Å². The number of hydrogen-bond donors (Lipinski definition) is 2. The van der Waals surface area contributed by atoms with Crippen molar-refractivity contribution < 1.29 is 17.7 Å². The molecule has 0 saturated carbocycles. The summed E-state index contributed by atoms with van der Waals surface area (Å²) in [6.07, 6.45) is 0. The van der Waals surface area contributed by atoms with Crippen molar-refractivity contribution in [2.24, 2.45) is 0 Å². The van der Waals surface area contributed by atoms with E-state index in [2.05, 4.69) is 20.2 Å². The smallest absolute Gasteiger partial charge is 0.257 e. The SMILES string of the molecule is Cc1noc(-c2ccc(C(=O)NCc3ccc(CS(=O)(=O)NC(C)C)cc3)cc2)n1. The predicted octanol–water partition coefficient (Wildman–Crippen LogP) is 2.80. The van der Waals surface area contributed by atoms with E-state index in [1.165, 1.54) is 0 Å². The second kappa shape index (κ2) is 9.19. The van der Waals surface area contributed by atoms with Crippen LogP contribution in [0, 0.1) is 6.92 Å². The van der Waals surface area contributed by atoms with Crippen molar-refractivity contribution in [3.63, 3.8) is 0 Å². The fourth-order valence-electron chi connectivity index (χ4n) is 2.84. The third kappa shape index (κ3) is 5.98. The highest BCUT2D eigenvalue weighted by Gasteiger charge is 2.13. The number of carbonyl (C=O) groups is 1. The van der Waals surface area contributed by atoms with Crippen LogP contribution in [0.4, 0.5) is 0 Å². The fraction of sp³-hybridized carbons (Fsp3) is 0.286. The van der Waals surface area contributed by atoms with Gasteiger partial charge in [-0.05, 0) is 56.2 Å². The number of sulfonamides is 1. The molecule has 3 aromatic rings. The third-order valence-corrected chi connectivity index (χ3v) is 5.71. The first kappa shape index (κ1) is 21.7. The Hall–Kier alpha value is -3.04. The Morgan fingerprint density at radius 2 is 1.67 bits per heavy atom. The lowest BCUT2D eigenvalue weighted by atomic mass is 10.1. The molecule has 3 rings (SSSR count). The van der Waals surface area contributed by atoms with Crippen molar-refractivity contribution in [2.45, 2.75) is 39.1 Å². The third-order valence-electron chi connectivity index (χ3n) is 4.17. The van der Waals surface area contributed by atoms with Gasteiger partial charge in [0.25, 0.3) is 11.8 Å². The average Bonchev–Trinajstić information content (AvgIpc) is 3.12. The van der Waals surface area contributed by atoms with Crippen molar-refractivity contribution >= 4 is 15.9 Å². The number of carbonyl (C=O) groups excluding carboxylic acids is 1. The van der Waals surface area contributed by atoms with Crippen LogP contribution in [0.25, 0.3) is 11.5 Å². The molecule has 0 aliphatic rings. The van der Waals surface area contributed by atoms with E-state index in [1.807, 2.05) is 12.1 Å². The lowest BCUT2D eigenvalue weighted by Gasteiger charge is -2.10. The summed E-state index contributed by atoms with van der Waals surface area (Å²) in [5, 5.41) is 6.60. The maximum atomic E-state index is 12.4. The summed E-state index contributed by atoms with van der Waals surface area (Å²) in [6.45, 7) is 5.63. The number of nitrogens with one attached hydrogen (secondary N) is 2. The van der Waals surface area contributed by atoms with Gasteiger partial charge in [0.1, 0.15) is 0 Å². The van der Waals surface area contributed by atoms with Gasteiger partial charge < -0.3 is 9.84 Å². The molecule has 8 nitrogen and oxygen atoms in total. The van der Waals surface area contributed by atoms with Crippen LogP contribution in [0.2, 0.25) is 0 Å². The largest absolute Gasteiger partial charge is 0.348 e. The number of rotatable bonds is 8. The van der Waals surface area contributed by atoms with Gasteiger partial charge in [-0.3, -0.25) is 4.79 Å². The Bertz CT molecular complexity index is 1100.